The van der Waals surface area contributed by atoms with Gasteiger partial charge in [0.15, 0.2) is 5.43 Å². The molecule has 2 N–H and O–H groups in total. The summed E-state index contributed by atoms with van der Waals surface area (Å²) in [4.78, 5) is 55.5. The number of imide groups is 1. The summed E-state index contributed by atoms with van der Waals surface area (Å²) in [6.45, 7) is 1.32. The van der Waals surface area contributed by atoms with Gasteiger partial charge in [0.1, 0.15) is 21.0 Å². The number of rotatable bonds is 7. The van der Waals surface area contributed by atoms with Gasteiger partial charge in [0.2, 0.25) is 11.8 Å². The highest BCUT2D eigenvalue weighted by Crippen LogP contribution is 2.50. The number of halogens is 1. The maximum Gasteiger partial charge on any atom is 0.325 e. The number of aliphatic carboxylic acids is 1. The van der Waals surface area contributed by atoms with Gasteiger partial charge in [0, 0.05) is 24.2 Å². The summed E-state index contributed by atoms with van der Waals surface area (Å²) in [5, 5.41) is 16.0. The molecule has 12 heteroatoms. The minimum Gasteiger partial charge on any atom is -0.480 e. The van der Waals surface area contributed by atoms with Crippen molar-refractivity contribution in [3.05, 3.63) is 92.8 Å². The number of hydrogen-bond donors (Lipinski definition) is 2. The molecule has 2 fully saturated rings. The number of nitrogens with one attached hydrogen (secondary N) is 1. The van der Waals surface area contributed by atoms with Crippen LogP contribution in [0.4, 0.5) is 0 Å². The number of carboxylic acids is 1. The lowest BCUT2D eigenvalue weighted by Gasteiger charge is -2.31. The Morgan fingerprint density at radius 3 is 2.49 bits per heavy atom. The monoisotopic (exact) mass is 622 g/mol. The van der Waals surface area contributed by atoms with Crippen LogP contribution < -0.4 is 10.7 Å². The molecule has 1 aromatic heterocycles. The van der Waals surface area contributed by atoms with Crippen LogP contribution in [0.25, 0.3) is 21.7 Å². The van der Waals surface area contributed by atoms with Crippen molar-refractivity contribution < 1.29 is 32.3 Å². The maximum absolute atomic E-state index is 13.9. The van der Waals surface area contributed by atoms with E-state index in [0.717, 1.165) is 21.9 Å². The number of carbonyl (C=O) groups excluding carboxylic acids is 2. The molecular weight excluding hydrogens is 596 g/mol. The van der Waals surface area contributed by atoms with E-state index in [1.54, 1.807) is 19.1 Å². The average Bonchev–Trinajstić information content (AvgIpc) is 3.41. The lowest BCUT2D eigenvalue weighted by molar-refractivity contribution is -0.151. The zero-order valence-electron chi connectivity index (χ0n) is 23.2. The molecule has 6 rings (SSSR count). The van der Waals surface area contributed by atoms with Gasteiger partial charge in [-0.25, -0.2) is 8.42 Å². The van der Waals surface area contributed by atoms with Crippen LogP contribution in [0.2, 0.25) is 5.02 Å². The normalized spacial score (nSPS) is 23.8. The van der Waals surface area contributed by atoms with Crippen LogP contribution in [-0.2, 0) is 30.6 Å². The molecule has 3 aromatic carbocycles. The number of fused-ring (bicyclic) bond motifs is 3. The molecule has 4 aromatic rings. The number of benzene rings is 3. The van der Waals surface area contributed by atoms with Gasteiger partial charge < -0.3 is 9.52 Å². The van der Waals surface area contributed by atoms with E-state index in [1.807, 2.05) is 36.4 Å². The molecular formula is C31H27ClN2O8S. The van der Waals surface area contributed by atoms with E-state index in [9.17, 15) is 32.7 Å². The highest BCUT2D eigenvalue weighted by atomic mass is 35.5. The predicted octanol–water partition coefficient (Wildman–Crippen LogP) is 3.26. The fourth-order valence-electron chi connectivity index (χ4n) is 6.39. The Labute approximate surface area is 251 Å². The summed E-state index contributed by atoms with van der Waals surface area (Å²) in [5.74, 6) is -6.15. The van der Waals surface area contributed by atoms with Gasteiger partial charge in [-0.3, -0.25) is 29.4 Å². The Kier molecular flexibility index (Phi) is 6.95. The fraction of sp³-hybridized carbons (Fsp3) is 0.290. The predicted molar refractivity (Wildman–Crippen MR) is 160 cm³/mol. The summed E-state index contributed by atoms with van der Waals surface area (Å²) in [6, 6.07) is 14.8. The van der Waals surface area contributed by atoms with Crippen LogP contribution in [0, 0.1) is 18.8 Å². The zero-order chi connectivity index (χ0) is 30.8. The van der Waals surface area contributed by atoms with Gasteiger partial charge in [-0.15, -0.1) is 0 Å². The highest BCUT2D eigenvalue weighted by molar-refractivity contribution is 7.90. The lowest BCUT2D eigenvalue weighted by Crippen LogP contribution is -2.57. The van der Waals surface area contributed by atoms with E-state index < -0.39 is 68.8 Å². The second-order valence-electron chi connectivity index (χ2n) is 11.3. The first-order valence-electron chi connectivity index (χ1n) is 13.5. The van der Waals surface area contributed by atoms with Gasteiger partial charge >= 0.3 is 5.97 Å². The highest BCUT2D eigenvalue weighted by Gasteiger charge is 2.68. The van der Waals surface area contributed by atoms with Crippen molar-refractivity contribution in [2.75, 3.05) is 18.6 Å². The van der Waals surface area contributed by atoms with Crippen LogP contribution in [0.5, 0.6) is 0 Å². The first kappa shape index (κ1) is 29.0. The number of sulfone groups is 1. The van der Waals surface area contributed by atoms with E-state index in [2.05, 4.69) is 5.32 Å². The summed E-state index contributed by atoms with van der Waals surface area (Å²) in [6.07, 6.45) is 1.98. The molecule has 2 amide bonds. The topological polar surface area (TPSA) is 151 Å². The molecule has 2 saturated heterocycles. The average molecular weight is 623 g/mol. The van der Waals surface area contributed by atoms with Crippen molar-refractivity contribution >= 4 is 61.0 Å². The molecule has 222 valence electrons. The van der Waals surface area contributed by atoms with Crippen molar-refractivity contribution in [3.8, 4) is 0 Å². The standard InChI is InChI=1S/C31H27ClN2O8S/c1-16-11-23-20(13-22(16)32)27(35)21(15-42-23)26-24-25(29(37)34(28(24)36)9-10-43(2,40)41)31(33-26,30(38)39)14-17-7-8-18-5-3-4-6-19(18)12-17/h3-8,11-13,15,24-26,33H,9-10,14H2,1-2H3,(H,38,39). The molecule has 2 aliphatic heterocycles. The van der Waals surface area contributed by atoms with E-state index in [1.165, 1.54) is 12.3 Å². The minimum atomic E-state index is -3.56. The van der Waals surface area contributed by atoms with Crippen LogP contribution in [-0.4, -0.2) is 60.3 Å². The third-order valence-corrected chi connectivity index (χ3v) is 9.86. The quantitative estimate of drug-likeness (QED) is 0.296. The zero-order valence-corrected chi connectivity index (χ0v) is 24.7. The van der Waals surface area contributed by atoms with Gasteiger partial charge in [0.05, 0.1) is 40.8 Å². The minimum absolute atomic E-state index is 0.0323. The third kappa shape index (κ3) is 4.81. The van der Waals surface area contributed by atoms with E-state index in [-0.39, 0.29) is 23.0 Å². The van der Waals surface area contributed by atoms with Gasteiger partial charge in [-0.2, -0.15) is 0 Å². The van der Waals surface area contributed by atoms with Gasteiger partial charge in [-0.05, 0) is 41.0 Å². The second kappa shape index (κ2) is 10.3. The second-order valence-corrected chi connectivity index (χ2v) is 14.0. The van der Waals surface area contributed by atoms with Gasteiger partial charge in [-0.1, -0.05) is 54.1 Å². The number of carboxylic acid groups (broad SMARTS) is 1. The Morgan fingerprint density at radius 2 is 1.79 bits per heavy atom. The molecule has 0 aliphatic carbocycles. The van der Waals surface area contributed by atoms with Crippen molar-refractivity contribution in [2.45, 2.75) is 24.9 Å². The van der Waals surface area contributed by atoms with Crippen LogP contribution in [0.1, 0.15) is 22.7 Å². The van der Waals surface area contributed by atoms with Gasteiger partial charge in [0.25, 0.3) is 0 Å². The van der Waals surface area contributed by atoms with E-state index in [0.29, 0.717) is 16.1 Å². The number of nitrogens with zero attached hydrogens (tertiary/aromatic N) is 1. The molecule has 43 heavy (non-hydrogen) atoms. The molecule has 3 heterocycles. The molecule has 4 unspecified atom stereocenters. The maximum atomic E-state index is 13.9. The molecule has 0 radical (unpaired) electrons. The number of likely N-dealkylation sites (tertiary alicyclic amines) is 1. The largest absolute Gasteiger partial charge is 0.480 e. The first-order valence-corrected chi connectivity index (χ1v) is 16.0. The summed E-state index contributed by atoms with van der Waals surface area (Å²) < 4.78 is 29.6. The van der Waals surface area contributed by atoms with Crippen LogP contribution >= 0.6 is 11.6 Å². The Balaban J connectivity index is 1.51. The molecule has 2 aliphatic rings. The fourth-order valence-corrected chi connectivity index (χ4v) is 7.07. The third-order valence-electron chi connectivity index (χ3n) is 8.53. The Hall–Kier alpha value is -4.06. The van der Waals surface area contributed by atoms with Crippen molar-refractivity contribution in [1.29, 1.82) is 0 Å². The van der Waals surface area contributed by atoms with Crippen molar-refractivity contribution in [3.63, 3.8) is 0 Å². The number of carbonyl (C=O) groups is 3. The van der Waals surface area contributed by atoms with Crippen LogP contribution in [0.3, 0.4) is 0 Å². The lowest BCUT2D eigenvalue weighted by atomic mass is 9.76. The Bertz CT molecular complexity index is 2020. The summed E-state index contributed by atoms with van der Waals surface area (Å²) in [5.41, 5.74) is -1.03. The van der Waals surface area contributed by atoms with E-state index in [4.69, 9.17) is 16.0 Å². The number of hydrogen-bond acceptors (Lipinski definition) is 8. The van der Waals surface area contributed by atoms with Crippen molar-refractivity contribution in [2.24, 2.45) is 11.8 Å². The number of amides is 2. The molecule has 0 saturated carbocycles. The molecule has 0 spiro atoms. The molecule has 4 atom stereocenters. The molecule has 10 nitrogen and oxygen atoms in total. The SMILES string of the molecule is Cc1cc2occ(C3NC(Cc4ccc5ccccc5c4)(C(=O)O)C4C(=O)N(CCS(C)(=O)=O)C(=O)C34)c(=O)c2cc1Cl. The van der Waals surface area contributed by atoms with Crippen LogP contribution in [0.15, 0.2) is 70.1 Å². The first-order chi connectivity index (χ1) is 20.3. The smallest absolute Gasteiger partial charge is 0.325 e. The molecule has 0 bridgehead atoms. The summed E-state index contributed by atoms with van der Waals surface area (Å²) >= 11 is 6.28. The van der Waals surface area contributed by atoms with Crippen molar-refractivity contribution in [1.82, 2.24) is 10.2 Å². The number of aryl methyl sites for hydroxylation is 1. The van der Waals surface area contributed by atoms with E-state index >= 15 is 0 Å². The summed E-state index contributed by atoms with van der Waals surface area (Å²) in [7, 11) is -3.56. The Morgan fingerprint density at radius 1 is 1.07 bits per heavy atom.